The summed E-state index contributed by atoms with van der Waals surface area (Å²) >= 11 is 0. The van der Waals surface area contributed by atoms with Crippen molar-refractivity contribution in [2.45, 2.75) is 103 Å². The molecule has 0 N–H and O–H groups in total. The number of anilines is 2. The quantitative estimate of drug-likeness (QED) is 0.231. The van der Waals surface area contributed by atoms with Crippen molar-refractivity contribution < 1.29 is 0 Å². The first-order chi connectivity index (χ1) is 14.9. The van der Waals surface area contributed by atoms with Gasteiger partial charge in [-0.1, -0.05) is 109 Å². The number of unbranched alkanes of at least 4 members (excludes halogenated alkanes) is 14. The molecule has 2 aromatic heterocycles. The van der Waals surface area contributed by atoms with Crippen molar-refractivity contribution in [2.24, 2.45) is 0 Å². The number of nitrogens with zero attached hydrogens (tertiary/aromatic N) is 3. The zero-order chi connectivity index (χ0) is 21.1. The molecular weight excluding hydrogens is 366 g/mol. The van der Waals surface area contributed by atoms with E-state index in [-0.39, 0.29) is 0 Å². The highest BCUT2D eigenvalue weighted by Crippen LogP contribution is 2.21. The number of hydrogen-bond acceptors (Lipinski definition) is 3. The van der Waals surface area contributed by atoms with Crippen molar-refractivity contribution in [3.05, 3.63) is 48.8 Å². The maximum Gasteiger partial charge on any atom is 0.134 e. The van der Waals surface area contributed by atoms with Crippen LogP contribution in [0.5, 0.6) is 0 Å². The number of hydrogen-bond donors (Lipinski definition) is 0. The highest BCUT2D eigenvalue weighted by Gasteiger charge is 2.10. The lowest BCUT2D eigenvalue weighted by atomic mass is 10.0. The molecule has 2 heterocycles. The Kier molecular flexibility index (Phi) is 13.7. The van der Waals surface area contributed by atoms with Gasteiger partial charge in [0.1, 0.15) is 11.6 Å². The van der Waals surface area contributed by atoms with Crippen LogP contribution >= 0.6 is 0 Å². The zero-order valence-corrected chi connectivity index (χ0v) is 19.3. The third-order valence-corrected chi connectivity index (χ3v) is 5.84. The van der Waals surface area contributed by atoms with Crippen molar-refractivity contribution in [3.63, 3.8) is 0 Å². The molecule has 0 aliphatic carbocycles. The molecule has 0 aliphatic rings. The largest absolute Gasteiger partial charge is 0.311 e. The SMILES string of the molecule is CCCCCCCCCCCCCCCCCN(c1ccccn1)c1ccccn1. The predicted molar refractivity (Wildman–Crippen MR) is 130 cm³/mol. The fourth-order valence-corrected chi connectivity index (χ4v) is 4.01. The lowest BCUT2D eigenvalue weighted by Crippen LogP contribution is -2.20. The van der Waals surface area contributed by atoms with Gasteiger partial charge in [-0.25, -0.2) is 9.97 Å². The van der Waals surface area contributed by atoms with Crippen LogP contribution in [-0.2, 0) is 0 Å². The molecule has 3 heteroatoms. The van der Waals surface area contributed by atoms with Gasteiger partial charge in [0.05, 0.1) is 0 Å². The van der Waals surface area contributed by atoms with E-state index in [1.54, 1.807) is 0 Å². The van der Waals surface area contributed by atoms with Gasteiger partial charge in [0.2, 0.25) is 0 Å². The van der Waals surface area contributed by atoms with E-state index < -0.39 is 0 Å². The van der Waals surface area contributed by atoms with E-state index in [1.807, 2.05) is 36.7 Å². The van der Waals surface area contributed by atoms with Crippen LogP contribution in [0.25, 0.3) is 0 Å². The molecule has 2 rings (SSSR count). The lowest BCUT2D eigenvalue weighted by molar-refractivity contribution is 0.532. The maximum absolute atomic E-state index is 4.53. The number of rotatable bonds is 18. The van der Waals surface area contributed by atoms with Gasteiger partial charge in [-0.15, -0.1) is 0 Å². The van der Waals surface area contributed by atoms with Crippen molar-refractivity contribution in [2.75, 3.05) is 11.4 Å². The van der Waals surface area contributed by atoms with E-state index in [0.717, 1.165) is 18.2 Å². The first-order valence-corrected chi connectivity index (χ1v) is 12.5. The molecule has 0 saturated carbocycles. The van der Waals surface area contributed by atoms with Crippen LogP contribution in [0.3, 0.4) is 0 Å². The second-order valence-corrected chi connectivity index (χ2v) is 8.48. The molecule has 30 heavy (non-hydrogen) atoms. The van der Waals surface area contributed by atoms with Crippen LogP contribution in [-0.4, -0.2) is 16.5 Å². The Balaban J connectivity index is 1.49. The van der Waals surface area contributed by atoms with E-state index in [1.165, 1.54) is 96.3 Å². The van der Waals surface area contributed by atoms with Gasteiger partial charge >= 0.3 is 0 Å². The summed E-state index contributed by atoms with van der Waals surface area (Å²) in [4.78, 5) is 11.3. The van der Waals surface area contributed by atoms with E-state index in [0.29, 0.717) is 0 Å². The molecule has 3 nitrogen and oxygen atoms in total. The van der Waals surface area contributed by atoms with Crippen molar-refractivity contribution in [3.8, 4) is 0 Å². The Bertz CT molecular complexity index is 575. The molecule has 0 radical (unpaired) electrons. The molecule has 0 atom stereocenters. The Labute approximate surface area is 185 Å². The average molecular weight is 410 g/mol. The lowest BCUT2D eigenvalue weighted by Gasteiger charge is -2.22. The molecular formula is C27H43N3. The van der Waals surface area contributed by atoms with Crippen LogP contribution in [0.2, 0.25) is 0 Å². The van der Waals surface area contributed by atoms with Gasteiger partial charge in [0.15, 0.2) is 0 Å². The van der Waals surface area contributed by atoms with Crippen LogP contribution < -0.4 is 4.90 Å². The molecule has 0 spiro atoms. The van der Waals surface area contributed by atoms with Crippen LogP contribution in [0.15, 0.2) is 48.8 Å². The maximum atomic E-state index is 4.53. The zero-order valence-electron chi connectivity index (χ0n) is 19.3. The fourth-order valence-electron chi connectivity index (χ4n) is 4.01. The second kappa shape index (κ2) is 16.8. The number of pyridine rings is 2. The van der Waals surface area contributed by atoms with Crippen molar-refractivity contribution >= 4 is 11.6 Å². The second-order valence-electron chi connectivity index (χ2n) is 8.48. The van der Waals surface area contributed by atoms with Gasteiger partial charge in [-0.05, 0) is 30.7 Å². The van der Waals surface area contributed by atoms with Gasteiger partial charge in [0, 0.05) is 18.9 Å². The van der Waals surface area contributed by atoms with Gasteiger partial charge in [-0.2, -0.15) is 0 Å². The summed E-state index contributed by atoms with van der Waals surface area (Å²) in [6.07, 6.45) is 24.6. The minimum absolute atomic E-state index is 0.978. The Morgan fingerprint density at radius 1 is 0.533 bits per heavy atom. The van der Waals surface area contributed by atoms with Crippen molar-refractivity contribution in [1.82, 2.24) is 9.97 Å². The van der Waals surface area contributed by atoms with Crippen LogP contribution in [0, 0.1) is 0 Å². The van der Waals surface area contributed by atoms with Gasteiger partial charge < -0.3 is 4.90 Å². The highest BCUT2D eigenvalue weighted by atomic mass is 15.2. The smallest absolute Gasteiger partial charge is 0.134 e. The third-order valence-electron chi connectivity index (χ3n) is 5.84. The summed E-state index contributed by atoms with van der Waals surface area (Å²) in [5.41, 5.74) is 0. The van der Waals surface area contributed by atoms with E-state index >= 15 is 0 Å². The van der Waals surface area contributed by atoms with E-state index in [2.05, 4.69) is 33.9 Å². The van der Waals surface area contributed by atoms with E-state index in [4.69, 9.17) is 0 Å². The minimum Gasteiger partial charge on any atom is -0.311 e. The topological polar surface area (TPSA) is 29.0 Å². The van der Waals surface area contributed by atoms with Gasteiger partial charge in [0.25, 0.3) is 0 Å². The number of aromatic nitrogens is 2. The summed E-state index contributed by atoms with van der Waals surface area (Å²) in [5, 5.41) is 0. The molecule has 0 unspecified atom stereocenters. The molecule has 0 aliphatic heterocycles. The van der Waals surface area contributed by atoms with Crippen molar-refractivity contribution in [1.29, 1.82) is 0 Å². The Morgan fingerprint density at radius 3 is 1.30 bits per heavy atom. The average Bonchev–Trinajstić information content (AvgIpc) is 2.80. The molecule has 2 aromatic rings. The summed E-state index contributed by atoms with van der Waals surface area (Å²) in [7, 11) is 0. The van der Waals surface area contributed by atoms with Gasteiger partial charge in [-0.3, -0.25) is 0 Å². The molecule has 0 bridgehead atoms. The fraction of sp³-hybridized carbons (Fsp3) is 0.630. The molecule has 0 aromatic carbocycles. The molecule has 0 amide bonds. The van der Waals surface area contributed by atoms with Crippen LogP contribution in [0.1, 0.15) is 103 Å². The summed E-state index contributed by atoms with van der Waals surface area (Å²) in [5.74, 6) is 1.98. The monoisotopic (exact) mass is 409 g/mol. The first kappa shape index (κ1) is 24.4. The standard InChI is InChI=1S/C27H43N3/c1-2-3-4-5-6-7-8-9-10-11-12-13-14-15-20-25-30(26-21-16-18-23-28-26)27-22-17-19-24-29-27/h16-19,21-24H,2-15,20,25H2,1H3. The summed E-state index contributed by atoms with van der Waals surface area (Å²) in [6, 6.07) is 12.2. The summed E-state index contributed by atoms with van der Waals surface area (Å²) in [6.45, 7) is 3.27. The summed E-state index contributed by atoms with van der Waals surface area (Å²) < 4.78 is 0. The van der Waals surface area contributed by atoms with Crippen LogP contribution in [0.4, 0.5) is 11.6 Å². The van der Waals surface area contributed by atoms with E-state index in [9.17, 15) is 0 Å². The first-order valence-electron chi connectivity index (χ1n) is 12.5. The molecule has 166 valence electrons. The third kappa shape index (κ3) is 10.8. The molecule has 0 fully saturated rings. The molecule has 0 saturated heterocycles. The Hall–Kier alpha value is -1.90. The highest BCUT2D eigenvalue weighted by molar-refractivity contribution is 5.55. The minimum atomic E-state index is 0.978. The predicted octanol–water partition coefficient (Wildman–Crippen LogP) is 8.49. The Morgan fingerprint density at radius 2 is 0.933 bits per heavy atom. The normalized spacial score (nSPS) is 11.0.